The van der Waals surface area contributed by atoms with Crippen molar-refractivity contribution in [3.05, 3.63) is 53.7 Å². The molecule has 1 saturated heterocycles. The lowest BCUT2D eigenvalue weighted by Crippen LogP contribution is -2.42. The van der Waals surface area contributed by atoms with Crippen molar-refractivity contribution in [2.24, 2.45) is 0 Å². The zero-order valence-corrected chi connectivity index (χ0v) is 16.2. The lowest BCUT2D eigenvalue weighted by Gasteiger charge is -2.37. The third-order valence-corrected chi connectivity index (χ3v) is 7.57. The first-order chi connectivity index (χ1) is 13.1. The summed E-state index contributed by atoms with van der Waals surface area (Å²) in [6.45, 7) is 1.72. The molecule has 0 amide bonds. The van der Waals surface area contributed by atoms with Gasteiger partial charge >= 0.3 is 6.18 Å². The third-order valence-electron chi connectivity index (χ3n) is 5.03. The molecule has 5 nitrogen and oxygen atoms in total. The minimum atomic E-state index is -4.61. The number of methoxy groups -OCH3 is 1. The molecular formula is C19H20F3NO4S. The number of benzene rings is 1. The fourth-order valence-electron chi connectivity index (χ4n) is 3.26. The van der Waals surface area contributed by atoms with Crippen LogP contribution in [-0.2, 0) is 20.8 Å². The quantitative estimate of drug-likeness (QED) is 0.749. The second-order valence-corrected chi connectivity index (χ2v) is 9.39. The van der Waals surface area contributed by atoms with E-state index in [-0.39, 0.29) is 24.3 Å². The minimum Gasteiger partial charge on any atom is -0.481 e. The highest BCUT2D eigenvalue weighted by Crippen LogP contribution is 2.42. The van der Waals surface area contributed by atoms with Gasteiger partial charge in [-0.25, -0.2) is 13.4 Å². The van der Waals surface area contributed by atoms with E-state index in [0.717, 1.165) is 12.1 Å². The smallest absolute Gasteiger partial charge is 0.416 e. The van der Waals surface area contributed by atoms with Crippen LogP contribution in [0.2, 0.25) is 0 Å². The van der Waals surface area contributed by atoms with Gasteiger partial charge in [0.2, 0.25) is 5.88 Å². The number of hydrogen-bond donors (Lipinski definition) is 0. The first-order valence-corrected chi connectivity index (χ1v) is 10.1. The van der Waals surface area contributed by atoms with Gasteiger partial charge in [-0.05, 0) is 49.6 Å². The number of rotatable bonds is 4. The van der Waals surface area contributed by atoms with Crippen LogP contribution in [0.4, 0.5) is 13.2 Å². The molecule has 2 heterocycles. The normalized spacial score (nSPS) is 23.4. The van der Waals surface area contributed by atoms with Crippen LogP contribution in [-0.4, -0.2) is 31.9 Å². The van der Waals surface area contributed by atoms with Crippen LogP contribution in [0.5, 0.6) is 5.88 Å². The molecule has 0 bridgehead atoms. The number of sulfone groups is 1. The summed E-state index contributed by atoms with van der Waals surface area (Å²) < 4.78 is 74.9. The van der Waals surface area contributed by atoms with Crippen molar-refractivity contribution < 1.29 is 31.1 Å². The first kappa shape index (κ1) is 20.6. The van der Waals surface area contributed by atoms with Crippen LogP contribution < -0.4 is 4.74 Å². The van der Waals surface area contributed by atoms with Crippen LogP contribution in [0.3, 0.4) is 0 Å². The predicted octanol–water partition coefficient (Wildman–Crippen LogP) is 4.19. The Morgan fingerprint density at radius 2 is 2.00 bits per heavy atom. The number of aromatic nitrogens is 1. The summed E-state index contributed by atoms with van der Waals surface area (Å²) in [5.41, 5.74) is -0.300. The largest absolute Gasteiger partial charge is 0.481 e. The van der Waals surface area contributed by atoms with E-state index in [1.165, 1.54) is 13.2 Å². The van der Waals surface area contributed by atoms with E-state index in [4.69, 9.17) is 9.47 Å². The SMILES string of the molecule is COc1ccc(C2CC(C)(S(=O)(=O)c3cccc(C(F)(F)F)c3)CCO2)cn1. The van der Waals surface area contributed by atoms with Crippen molar-refractivity contribution in [3.63, 3.8) is 0 Å². The maximum absolute atomic E-state index is 13.2. The highest BCUT2D eigenvalue weighted by Gasteiger charge is 2.45. The van der Waals surface area contributed by atoms with Gasteiger partial charge in [0.1, 0.15) is 0 Å². The second kappa shape index (κ2) is 7.36. The zero-order valence-electron chi connectivity index (χ0n) is 15.4. The van der Waals surface area contributed by atoms with Gasteiger partial charge in [0.05, 0.1) is 28.4 Å². The van der Waals surface area contributed by atoms with Crippen molar-refractivity contribution in [1.29, 1.82) is 0 Å². The number of hydrogen-bond acceptors (Lipinski definition) is 5. The van der Waals surface area contributed by atoms with Crippen molar-refractivity contribution in [1.82, 2.24) is 4.98 Å². The molecular weight excluding hydrogens is 395 g/mol. The van der Waals surface area contributed by atoms with E-state index in [1.54, 1.807) is 25.3 Å². The average molecular weight is 415 g/mol. The summed E-state index contributed by atoms with van der Waals surface area (Å²) in [5.74, 6) is 0.416. The van der Waals surface area contributed by atoms with Gasteiger partial charge in [-0.1, -0.05) is 6.07 Å². The summed E-state index contributed by atoms with van der Waals surface area (Å²) in [6, 6.07) is 7.25. The Labute approximate surface area is 161 Å². The van der Waals surface area contributed by atoms with E-state index >= 15 is 0 Å². The molecule has 1 fully saturated rings. The van der Waals surface area contributed by atoms with Gasteiger partial charge in [0.25, 0.3) is 0 Å². The number of ether oxygens (including phenoxy) is 2. The number of nitrogens with zero attached hydrogens (tertiary/aromatic N) is 1. The molecule has 0 spiro atoms. The highest BCUT2D eigenvalue weighted by molar-refractivity contribution is 7.92. The van der Waals surface area contributed by atoms with Crippen molar-refractivity contribution in [2.45, 2.75) is 41.7 Å². The molecule has 2 unspecified atom stereocenters. The van der Waals surface area contributed by atoms with Gasteiger partial charge in [0.15, 0.2) is 9.84 Å². The summed E-state index contributed by atoms with van der Waals surface area (Å²) in [4.78, 5) is 3.77. The molecule has 152 valence electrons. The summed E-state index contributed by atoms with van der Waals surface area (Å²) in [6.07, 6.45) is -3.30. The molecule has 0 radical (unpaired) electrons. The molecule has 3 rings (SSSR count). The predicted molar refractivity (Wildman–Crippen MR) is 95.8 cm³/mol. The lowest BCUT2D eigenvalue weighted by molar-refractivity contribution is -0.137. The van der Waals surface area contributed by atoms with Crippen molar-refractivity contribution >= 4 is 9.84 Å². The molecule has 0 N–H and O–H groups in total. The second-order valence-electron chi connectivity index (χ2n) is 6.93. The van der Waals surface area contributed by atoms with E-state index in [9.17, 15) is 21.6 Å². The summed E-state index contributed by atoms with van der Waals surface area (Å²) >= 11 is 0. The zero-order chi connectivity index (χ0) is 20.6. The minimum absolute atomic E-state index is 0.111. The van der Waals surface area contributed by atoms with E-state index in [0.29, 0.717) is 17.5 Å². The van der Waals surface area contributed by atoms with E-state index < -0.39 is 32.4 Å². The fraction of sp³-hybridized carbons (Fsp3) is 0.421. The molecule has 2 aromatic rings. The van der Waals surface area contributed by atoms with E-state index in [1.807, 2.05) is 0 Å². The van der Waals surface area contributed by atoms with Crippen LogP contribution in [0.25, 0.3) is 0 Å². The fourth-order valence-corrected chi connectivity index (χ4v) is 5.09. The summed E-state index contributed by atoms with van der Waals surface area (Å²) in [5, 5.41) is 0. The number of halogens is 3. The molecule has 1 aliphatic heterocycles. The van der Waals surface area contributed by atoms with Crippen molar-refractivity contribution in [2.75, 3.05) is 13.7 Å². The molecule has 2 atom stereocenters. The third kappa shape index (κ3) is 3.86. The molecule has 0 aliphatic carbocycles. The van der Waals surface area contributed by atoms with Crippen LogP contribution >= 0.6 is 0 Å². The van der Waals surface area contributed by atoms with Crippen molar-refractivity contribution in [3.8, 4) is 5.88 Å². The Bertz CT molecular complexity index is 944. The van der Waals surface area contributed by atoms with Gasteiger partial charge < -0.3 is 9.47 Å². The molecule has 1 aromatic heterocycles. The maximum atomic E-state index is 13.2. The van der Waals surface area contributed by atoms with Crippen LogP contribution in [0.15, 0.2) is 47.5 Å². The average Bonchev–Trinajstić information content (AvgIpc) is 2.67. The van der Waals surface area contributed by atoms with Crippen LogP contribution in [0.1, 0.15) is 37.0 Å². The van der Waals surface area contributed by atoms with E-state index in [2.05, 4.69) is 4.98 Å². The monoisotopic (exact) mass is 415 g/mol. The summed E-state index contributed by atoms with van der Waals surface area (Å²) in [7, 11) is -2.54. The van der Waals surface area contributed by atoms with Gasteiger partial charge in [0, 0.05) is 18.9 Å². The standard InChI is InChI=1S/C19H20F3NO4S/c1-18(28(24,25)15-5-3-4-14(10-15)19(20,21)22)8-9-27-16(11-18)13-6-7-17(26-2)23-12-13/h3-7,10,12,16H,8-9,11H2,1-2H3. The van der Waals surface area contributed by atoms with Crippen LogP contribution in [0, 0.1) is 0 Å². The lowest BCUT2D eigenvalue weighted by atomic mass is 9.93. The molecule has 9 heteroatoms. The van der Waals surface area contributed by atoms with Gasteiger partial charge in [-0.3, -0.25) is 0 Å². The number of pyridine rings is 1. The Morgan fingerprint density at radius 1 is 1.25 bits per heavy atom. The molecule has 28 heavy (non-hydrogen) atoms. The topological polar surface area (TPSA) is 65.5 Å². The Hall–Kier alpha value is -2.13. The Kier molecular flexibility index (Phi) is 5.42. The molecule has 0 saturated carbocycles. The van der Waals surface area contributed by atoms with Gasteiger partial charge in [-0.15, -0.1) is 0 Å². The Balaban J connectivity index is 1.92. The number of alkyl halides is 3. The maximum Gasteiger partial charge on any atom is 0.416 e. The Morgan fingerprint density at radius 3 is 2.61 bits per heavy atom. The van der Waals surface area contributed by atoms with Gasteiger partial charge in [-0.2, -0.15) is 13.2 Å². The first-order valence-electron chi connectivity index (χ1n) is 8.60. The molecule has 1 aromatic carbocycles. The molecule has 1 aliphatic rings. The highest BCUT2D eigenvalue weighted by atomic mass is 32.2.